The summed E-state index contributed by atoms with van der Waals surface area (Å²) < 4.78 is 27.0. The fraction of sp³-hybridized carbons (Fsp3) is 0.400. The Morgan fingerprint density at radius 3 is 2.67 bits per heavy atom. The van der Waals surface area contributed by atoms with Crippen molar-refractivity contribution in [1.29, 1.82) is 0 Å². The van der Waals surface area contributed by atoms with Crippen LogP contribution in [0.1, 0.15) is 36.7 Å². The van der Waals surface area contributed by atoms with Crippen molar-refractivity contribution in [3.05, 3.63) is 35.5 Å². The monoisotopic (exact) mass is 420 g/mol. The molecule has 1 aliphatic rings. The molecule has 1 saturated heterocycles. The number of H-pyrrole nitrogens is 1. The van der Waals surface area contributed by atoms with E-state index in [0.29, 0.717) is 19.0 Å². The van der Waals surface area contributed by atoms with Crippen LogP contribution in [0, 0.1) is 17.6 Å². The molecule has 1 unspecified atom stereocenters. The Morgan fingerprint density at radius 2 is 2.00 bits per heavy atom. The van der Waals surface area contributed by atoms with Crippen LogP contribution in [-0.2, 0) is 14.4 Å². The topological polar surface area (TPSA) is 120 Å². The molecule has 8 nitrogen and oxygen atoms in total. The average molecular weight is 420 g/mol. The predicted molar refractivity (Wildman–Crippen MR) is 104 cm³/mol. The molecule has 2 heterocycles. The smallest absolute Gasteiger partial charge is 0.268 e. The Bertz CT molecular complexity index is 1000. The second-order valence-electron chi connectivity index (χ2n) is 7.17. The molecule has 1 aromatic heterocycles. The molecule has 2 atom stereocenters. The molecule has 30 heavy (non-hydrogen) atoms. The molecule has 3 rings (SSSR count). The van der Waals surface area contributed by atoms with Gasteiger partial charge in [-0.3, -0.25) is 19.2 Å². The fourth-order valence-corrected chi connectivity index (χ4v) is 3.46. The Balaban J connectivity index is 1.59. The van der Waals surface area contributed by atoms with E-state index in [1.165, 1.54) is 6.07 Å². The number of benzene rings is 1. The SMILES string of the molecule is CCC(=O)[C@H](CC1CCNC1=O)NC(=O)CNC(=O)c1cc2cc(F)cc(F)c2[nH]1. The predicted octanol–water partition coefficient (Wildman–Crippen LogP) is 1.17. The van der Waals surface area contributed by atoms with E-state index in [1.54, 1.807) is 6.92 Å². The van der Waals surface area contributed by atoms with Crippen LogP contribution < -0.4 is 16.0 Å². The largest absolute Gasteiger partial charge is 0.356 e. The zero-order valence-corrected chi connectivity index (χ0v) is 16.3. The molecule has 0 bridgehead atoms. The summed E-state index contributed by atoms with van der Waals surface area (Å²) in [6, 6.07) is 2.23. The van der Waals surface area contributed by atoms with Gasteiger partial charge in [0.1, 0.15) is 17.3 Å². The van der Waals surface area contributed by atoms with Crippen molar-refractivity contribution in [2.45, 2.75) is 32.2 Å². The first kappa shape index (κ1) is 21.4. The first-order valence-electron chi connectivity index (χ1n) is 9.64. The van der Waals surface area contributed by atoms with Crippen molar-refractivity contribution in [3.63, 3.8) is 0 Å². The molecule has 10 heteroatoms. The summed E-state index contributed by atoms with van der Waals surface area (Å²) in [5.41, 5.74) is -0.0550. The molecule has 160 valence electrons. The highest BCUT2D eigenvalue weighted by molar-refractivity contribution is 6.00. The fourth-order valence-electron chi connectivity index (χ4n) is 3.46. The van der Waals surface area contributed by atoms with Gasteiger partial charge in [0.25, 0.3) is 5.91 Å². The normalized spacial score (nSPS) is 16.9. The number of ketones is 1. The molecule has 0 radical (unpaired) electrons. The molecular weight excluding hydrogens is 398 g/mol. The third kappa shape index (κ3) is 4.81. The van der Waals surface area contributed by atoms with Gasteiger partial charge < -0.3 is 20.9 Å². The lowest BCUT2D eigenvalue weighted by atomic mass is 9.95. The van der Waals surface area contributed by atoms with E-state index in [1.807, 2.05) is 0 Å². The number of aromatic amines is 1. The van der Waals surface area contributed by atoms with Gasteiger partial charge in [-0.25, -0.2) is 8.78 Å². The maximum absolute atomic E-state index is 13.8. The number of aromatic nitrogens is 1. The van der Waals surface area contributed by atoms with E-state index in [4.69, 9.17) is 0 Å². The maximum atomic E-state index is 13.8. The van der Waals surface area contributed by atoms with E-state index in [2.05, 4.69) is 20.9 Å². The number of nitrogens with one attached hydrogen (secondary N) is 4. The number of hydrogen-bond donors (Lipinski definition) is 4. The van der Waals surface area contributed by atoms with Gasteiger partial charge in [-0.1, -0.05) is 6.92 Å². The lowest BCUT2D eigenvalue weighted by Crippen LogP contribution is -2.46. The molecule has 1 aliphatic heterocycles. The van der Waals surface area contributed by atoms with Gasteiger partial charge in [-0.05, 0) is 25.0 Å². The highest BCUT2D eigenvalue weighted by Crippen LogP contribution is 2.20. The van der Waals surface area contributed by atoms with Crippen LogP contribution >= 0.6 is 0 Å². The minimum Gasteiger partial charge on any atom is -0.356 e. The van der Waals surface area contributed by atoms with Crippen molar-refractivity contribution in [2.75, 3.05) is 13.1 Å². The summed E-state index contributed by atoms with van der Waals surface area (Å²) in [7, 11) is 0. The first-order chi connectivity index (χ1) is 14.3. The second kappa shape index (κ2) is 9.02. The number of amides is 3. The maximum Gasteiger partial charge on any atom is 0.268 e. The number of hydrogen-bond acceptors (Lipinski definition) is 4. The van der Waals surface area contributed by atoms with Crippen LogP contribution in [0.5, 0.6) is 0 Å². The Labute approximate surface area is 170 Å². The summed E-state index contributed by atoms with van der Waals surface area (Å²) in [6.45, 7) is 1.78. The zero-order valence-electron chi connectivity index (χ0n) is 16.3. The van der Waals surface area contributed by atoms with Crippen molar-refractivity contribution >= 4 is 34.4 Å². The van der Waals surface area contributed by atoms with E-state index >= 15 is 0 Å². The van der Waals surface area contributed by atoms with Gasteiger partial charge in [-0.15, -0.1) is 0 Å². The van der Waals surface area contributed by atoms with Crippen LogP contribution in [0.3, 0.4) is 0 Å². The summed E-state index contributed by atoms with van der Waals surface area (Å²) >= 11 is 0. The molecule has 0 spiro atoms. The van der Waals surface area contributed by atoms with Crippen LogP contribution in [0.25, 0.3) is 10.9 Å². The number of fused-ring (bicyclic) bond motifs is 1. The van der Waals surface area contributed by atoms with E-state index < -0.39 is 36.0 Å². The third-order valence-corrected chi connectivity index (χ3v) is 5.05. The quantitative estimate of drug-likeness (QED) is 0.512. The summed E-state index contributed by atoms with van der Waals surface area (Å²) in [5.74, 6) is -3.58. The van der Waals surface area contributed by atoms with Crippen LogP contribution in [-0.4, -0.2) is 47.6 Å². The lowest BCUT2D eigenvalue weighted by molar-refractivity contribution is -0.128. The van der Waals surface area contributed by atoms with Gasteiger partial charge in [0.2, 0.25) is 11.8 Å². The highest BCUT2D eigenvalue weighted by Gasteiger charge is 2.30. The van der Waals surface area contributed by atoms with Crippen molar-refractivity contribution in [1.82, 2.24) is 20.9 Å². The molecule has 3 amide bonds. The Hall–Kier alpha value is -3.30. The Morgan fingerprint density at radius 1 is 1.23 bits per heavy atom. The molecule has 4 N–H and O–H groups in total. The van der Waals surface area contributed by atoms with Gasteiger partial charge >= 0.3 is 0 Å². The summed E-state index contributed by atoms with van der Waals surface area (Å²) in [6.07, 6.45) is 0.990. The number of Topliss-reactive ketones (excluding diaryl/α,β-unsaturated/α-hetero) is 1. The van der Waals surface area contributed by atoms with Crippen molar-refractivity contribution in [2.24, 2.45) is 5.92 Å². The lowest BCUT2D eigenvalue weighted by Gasteiger charge is -2.19. The molecule has 2 aromatic rings. The third-order valence-electron chi connectivity index (χ3n) is 5.05. The van der Waals surface area contributed by atoms with Crippen LogP contribution in [0.4, 0.5) is 8.78 Å². The van der Waals surface area contributed by atoms with Gasteiger partial charge in [0.05, 0.1) is 18.1 Å². The van der Waals surface area contributed by atoms with Gasteiger partial charge in [0, 0.05) is 30.3 Å². The van der Waals surface area contributed by atoms with Crippen molar-refractivity contribution in [3.8, 4) is 0 Å². The van der Waals surface area contributed by atoms with E-state index in [9.17, 15) is 28.0 Å². The number of halogens is 2. The molecular formula is C20H22F2N4O4. The molecule has 1 fully saturated rings. The first-order valence-corrected chi connectivity index (χ1v) is 9.64. The van der Waals surface area contributed by atoms with E-state index in [-0.39, 0.29) is 47.0 Å². The van der Waals surface area contributed by atoms with E-state index in [0.717, 1.165) is 6.07 Å². The molecule has 0 saturated carbocycles. The highest BCUT2D eigenvalue weighted by atomic mass is 19.1. The summed E-state index contributed by atoms with van der Waals surface area (Å²) in [5, 5.41) is 7.81. The van der Waals surface area contributed by atoms with Crippen LogP contribution in [0.2, 0.25) is 0 Å². The van der Waals surface area contributed by atoms with Crippen LogP contribution in [0.15, 0.2) is 18.2 Å². The zero-order chi connectivity index (χ0) is 21.8. The van der Waals surface area contributed by atoms with Crippen molar-refractivity contribution < 1.29 is 28.0 Å². The standard InChI is InChI=1S/C20H22F2N4O4/c1-2-16(27)14(6-10-3-4-23-19(10)29)25-17(28)9-24-20(30)15-7-11-5-12(21)8-13(22)18(11)26-15/h5,7-8,10,14,26H,2-4,6,9H2,1H3,(H,23,29)(H,24,30)(H,25,28)/t10?,14-/m0/s1. The molecule has 1 aromatic carbocycles. The number of carbonyl (C=O) groups excluding carboxylic acids is 4. The summed E-state index contributed by atoms with van der Waals surface area (Å²) in [4.78, 5) is 51.0. The minimum absolute atomic E-state index is 0.0190. The minimum atomic E-state index is -0.835. The number of rotatable bonds is 8. The number of carbonyl (C=O) groups is 4. The van der Waals surface area contributed by atoms with Gasteiger partial charge in [-0.2, -0.15) is 0 Å². The van der Waals surface area contributed by atoms with Gasteiger partial charge in [0.15, 0.2) is 5.78 Å². The second-order valence-corrected chi connectivity index (χ2v) is 7.17. The average Bonchev–Trinajstić information content (AvgIpc) is 3.31. The molecule has 0 aliphatic carbocycles. The Kier molecular flexibility index (Phi) is 6.43.